The third kappa shape index (κ3) is 8.72. The number of hydrogen-bond donors (Lipinski definition) is 0. The predicted molar refractivity (Wildman–Crippen MR) is 162 cm³/mol. The van der Waals surface area contributed by atoms with E-state index >= 15 is 0 Å². The molecule has 2 aromatic heterocycles. The first-order valence-electron chi connectivity index (χ1n) is 14.8. The molecule has 7 heteroatoms. The van der Waals surface area contributed by atoms with Crippen LogP contribution in [0.1, 0.15) is 90.9 Å². The molecule has 4 rings (SSSR count). The number of fused-ring (bicyclic) bond motifs is 1. The van der Waals surface area contributed by atoms with Crippen molar-refractivity contribution in [3.8, 4) is 34.0 Å². The summed E-state index contributed by atoms with van der Waals surface area (Å²) >= 11 is 1.19. The molecule has 6 nitrogen and oxygen atoms in total. The zero-order chi connectivity index (χ0) is 27.1. The van der Waals surface area contributed by atoms with E-state index in [4.69, 9.17) is 9.47 Å². The zero-order valence-electron chi connectivity index (χ0n) is 23.5. The van der Waals surface area contributed by atoms with Crippen LogP contribution in [-0.2, 0) is 0 Å². The van der Waals surface area contributed by atoms with Gasteiger partial charge < -0.3 is 9.47 Å². The van der Waals surface area contributed by atoms with Crippen LogP contribution in [0.3, 0.4) is 0 Å². The lowest BCUT2D eigenvalue weighted by molar-refractivity contribution is 0.304. The SMILES string of the molecule is CCCCCCCCOc1ccc(-c2nnc(-c3ccc(OCCCCCCCC)cc3)c3nsnc23)cc1. The van der Waals surface area contributed by atoms with Crippen LogP contribution in [0, 0.1) is 0 Å². The second-order valence-electron chi connectivity index (χ2n) is 10.1. The molecule has 0 atom stereocenters. The minimum Gasteiger partial charge on any atom is -0.494 e. The van der Waals surface area contributed by atoms with Gasteiger partial charge in [-0.1, -0.05) is 78.1 Å². The highest BCUT2D eigenvalue weighted by Crippen LogP contribution is 2.32. The highest BCUT2D eigenvalue weighted by atomic mass is 32.1. The average Bonchev–Trinajstić information content (AvgIpc) is 3.47. The Balaban J connectivity index is 1.33. The molecule has 0 spiro atoms. The summed E-state index contributed by atoms with van der Waals surface area (Å²) in [7, 11) is 0. The third-order valence-corrected chi connectivity index (χ3v) is 7.50. The van der Waals surface area contributed by atoms with Crippen LogP contribution in [0.2, 0.25) is 0 Å². The number of nitrogens with zero attached hydrogens (tertiary/aromatic N) is 4. The monoisotopic (exact) mass is 546 g/mol. The van der Waals surface area contributed by atoms with Gasteiger partial charge in [0.2, 0.25) is 0 Å². The Morgan fingerprint density at radius 1 is 0.513 bits per heavy atom. The molecule has 0 N–H and O–H groups in total. The van der Waals surface area contributed by atoms with Crippen molar-refractivity contribution in [2.75, 3.05) is 13.2 Å². The van der Waals surface area contributed by atoms with Gasteiger partial charge in [0, 0.05) is 11.1 Å². The molecular weight excluding hydrogens is 504 g/mol. The van der Waals surface area contributed by atoms with Gasteiger partial charge in [-0.25, -0.2) is 0 Å². The Morgan fingerprint density at radius 3 is 1.31 bits per heavy atom. The number of rotatable bonds is 18. The van der Waals surface area contributed by atoms with E-state index < -0.39 is 0 Å². The molecule has 0 saturated carbocycles. The summed E-state index contributed by atoms with van der Waals surface area (Å²) in [6.45, 7) is 6.00. The van der Waals surface area contributed by atoms with Crippen LogP contribution < -0.4 is 9.47 Å². The van der Waals surface area contributed by atoms with Crippen LogP contribution in [0.4, 0.5) is 0 Å². The molecule has 2 aromatic carbocycles. The number of ether oxygens (including phenoxy) is 2. The zero-order valence-corrected chi connectivity index (χ0v) is 24.3. The van der Waals surface area contributed by atoms with Crippen molar-refractivity contribution in [2.45, 2.75) is 90.9 Å². The van der Waals surface area contributed by atoms with E-state index in [1.54, 1.807) is 0 Å². The fraction of sp³-hybridized carbons (Fsp3) is 0.500. The van der Waals surface area contributed by atoms with Crippen molar-refractivity contribution in [1.29, 1.82) is 0 Å². The molecule has 0 aliphatic rings. The lowest BCUT2D eigenvalue weighted by Gasteiger charge is -2.09. The van der Waals surface area contributed by atoms with Crippen molar-refractivity contribution in [3.05, 3.63) is 48.5 Å². The maximum Gasteiger partial charge on any atom is 0.135 e. The summed E-state index contributed by atoms with van der Waals surface area (Å²) in [5.41, 5.74) is 4.94. The molecular formula is C32H42N4O2S. The molecule has 208 valence electrons. The normalized spacial score (nSPS) is 11.2. The Labute approximate surface area is 237 Å². The first-order chi connectivity index (χ1) is 19.3. The molecule has 0 fully saturated rings. The molecule has 0 aliphatic heterocycles. The minimum atomic E-state index is 0.740. The molecule has 0 radical (unpaired) electrons. The molecule has 0 bridgehead atoms. The van der Waals surface area contributed by atoms with Crippen LogP contribution in [0.15, 0.2) is 48.5 Å². The summed E-state index contributed by atoms with van der Waals surface area (Å²) in [4.78, 5) is 0. The molecule has 0 aliphatic carbocycles. The maximum atomic E-state index is 5.94. The van der Waals surface area contributed by atoms with Crippen molar-refractivity contribution >= 4 is 22.8 Å². The molecule has 4 aromatic rings. The van der Waals surface area contributed by atoms with Crippen molar-refractivity contribution in [2.24, 2.45) is 0 Å². The highest BCUT2D eigenvalue weighted by molar-refractivity contribution is 7.00. The summed E-state index contributed by atoms with van der Waals surface area (Å²) in [5, 5.41) is 9.12. The van der Waals surface area contributed by atoms with E-state index in [1.807, 2.05) is 48.5 Å². The van der Waals surface area contributed by atoms with Crippen molar-refractivity contribution in [1.82, 2.24) is 18.9 Å². The van der Waals surface area contributed by atoms with Gasteiger partial charge in [-0.2, -0.15) is 8.75 Å². The highest BCUT2D eigenvalue weighted by Gasteiger charge is 2.16. The predicted octanol–water partition coefficient (Wildman–Crippen LogP) is 9.29. The lowest BCUT2D eigenvalue weighted by Crippen LogP contribution is -1.98. The second-order valence-corrected chi connectivity index (χ2v) is 10.7. The van der Waals surface area contributed by atoms with Gasteiger partial charge in [0.1, 0.15) is 33.9 Å². The van der Waals surface area contributed by atoms with Crippen LogP contribution in [-0.4, -0.2) is 32.2 Å². The summed E-state index contributed by atoms with van der Waals surface area (Å²) in [6.07, 6.45) is 15.1. The molecule has 2 heterocycles. The summed E-state index contributed by atoms with van der Waals surface area (Å²) < 4.78 is 21.0. The second kappa shape index (κ2) is 16.1. The first-order valence-corrected chi connectivity index (χ1v) is 15.5. The van der Waals surface area contributed by atoms with Crippen molar-refractivity contribution in [3.63, 3.8) is 0 Å². The van der Waals surface area contributed by atoms with Crippen molar-refractivity contribution < 1.29 is 9.47 Å². The topological polar surface area (TPSA) is 70.0 Å². The number of aromatic nitrogens is 4. The smallest absolute Gasteiger partial charge is 0.135 e. The minimum absolute atomic E-state index is 0.740. The Kier molecular flexibility index (Phi) is 12.0. The largest absolute Gasteiger partial charge is 0.494 e. The fourth-order valence-corrected chi connectivity index (χ4v) is 5.20. The average molecular weight is 547 g/mol. The standard InChI is InChI=1S/C32H42N4O2S/c1-3-5-7-9-11-13-23-37-27-19-15-25(16-20-27)29-31-32(36-39-35-31)30(34-33-29)26-17-21-28(22-18-26)38-24-14-12-10-8-6-4-2/h15-22H,3-14,23-24H2,1-2H3. The molecule has 0 saturated heterocycles. The Morgan fingerprint density at radius 2 is 0.897 bits per heavy atom. The van der Waals surface area contributed by atoms with Gasteiger partial charge in [0.05, 0.1) is 24.9 Å². The fourth-order valence-electron chi connectivity index (χ4n) is 4.65. The summed E-state index contributed by atoms with van der Waals surface area (Å²) in [6, 6.07) is 16.1. The quantitative estimate of drug-likeness (QED) is 0.116. The van der Waals surface area contributed by atoms with E-state index in [1.165, 1.54) is 75.9 Å². The van der Waals surface area contributed by atoms with Gasteiger partial charge in [0.25, 0.3) is 0 Å². The number of unbranched alkanes of at least 4 members (excludes halogenated alkanes) is 10. The molecule has 39 heavy (non-hydrogen) atoms. The van der Waals surface area contributed by atoms with E-state index in [9.17, 15) is 0 Å². The maximum absolute atomic E-state index is 5.94. The number of hydrogen-bond acceptors (Lipinski definition) is 7. The first kappa shape index (κ1) is 28.9. The Bertz CT molecular complexity index is 1150. The van der Waals surface area contributed by atoms with E-state index in [0.717, 1.165) is 71.1 Å². The van der Waals surface area contributed by atoms with Gasteiger partial charge >= 0.3 is 0 Å². The van der Waals surface area contributed by atoms with E-state index in [0.29, 0.717) is 0 Å². The van der Waals surface area contributed by atoms with Crippen LogP contribution in [0.25, 0.3) is 33.5 Å². The van der Waals surface area contributed by atoms with E-state index in [-0.39, 0.29) is 0 Å². The molecule has 0 amide bonds. The van der Waals surface area contributed by atoms with Gasteiger partial charge in [0.15, 0.2) is 0 Å². The number of benzene rings is 2. The van der Waals surface area contributed by atoms with Gasteiger partial charge in [-0.05, 0) is 61.4 Å². The Hall–Kier alpha value is -3.06. The van der Waals surface area contributed by atoms with Gasteiger partial charge in [-0.15, -0.1) is 10.2 Å². The molecule has 0 unspecified atom stereocenters. The van der Waals surface area contributed by atoms with Crippen LogP contribution >= 0.6 is 11.7 Å². The third-order valence-electron chi connectivity index (χ3n) is 6.98. The lowest BCUT2D eigenvalue weighted by atomic mass is 10.1. The summed E-state index contributed by atoms with van der Waals surface area (Å²) in [5.74, 6) is 1.76. The van der Waals surface area contributed by atoms with Gasteiger partial charge in [-0.3, -0.25) is 0 Å². The van der Waals surface area contributed by atoms with Crippen LogP contribution in [0.5, 0.6) is 11.5 Å². The van der Waals surface area contributed by atoms with E-state index in [2.05, 4.69) is 32.8 Å².